The SMILES string of the molecule is COc1ccc(C(=O)[C@@H]2C(C#N)=C(N)O[C@@H]2c2coc3ccccc3c2=O)cc1. The first-order valence-electron chi connectivity index (χ1n) is 8.80. The minimum Gasteiger partial charge on any atom is -0.497 e. The van der Waals surface area contributed by atoms with E-state index in [-0.39, 0.29) is 28.2 Å². The lowest BCUT2D eigenvalue weighted by Crippen LogP contribution is -2.25. The van der Waals surface area contributed by atoms with Crippen LogP contribution in [0.25, 0.3) is 11.0 Å². The Morgan fingerprint density at radius 3 is 2.59 bits per heavy atom. The molecule has 7 nitrogen and oxygen atoms in total. The Balaban J connectivity index is 1.81. The van der Waals surface area contributed by atoms with Gasteiger partial charge in [-0.1, -0.05) is 12.1 Å². The highest BCUT2D eigenvalue weighted by Gasteiger charge is 2.44. The minimum atomic E-state index is -1.06. The first-order valence-corrected chi connectivity index (χ1v) is 8.80. The van der Waals surface area contributed by atoms with Crippen molar-refractivity contribution in [1.29, 1.82) is 5.26 Å². The Kier molecular flexibility index (Phi) is 4.53. The lowest BCUT2D eigenvalue weighted by Gasteiger charge is -2.18. The van der Waals surface area contributed by atoms with E-state index in [0.717, 1.165) is 0 Å². The molecule has 0 spiro atoms. The zero-order valence-electron chi connectivity index (χ0n) is 15.4. The molecule has 1 aliphatic heterocycles. The van der Waals surface area contributed by atoms with Crippen molar-refractivity contribution in [2.75, 3.05) is 7.11 Å². The van der Waals surface area contributed by atoms with Gasteiger partial charge >= 0.3 is 0 Å². The van der Waals surface area contributed by atoms with E-state index in [1.54, 1.807) is 48.5 Å². The summed E-state index contributed by atoms with van der Waals surface area (Å²) in [6, 6.07) is 15.2. The number of ketones is 1. The number of hydrogen-bond acceptors (Lipinski definition) is 7. The average molecular weight is 388 g/mol. The number of para-hydroxylation sites is 1. The molecule has 0 aliphatic carbocycles. The van der Waals surface area contributed by atoms with Gasteiger partial charge in [-0.15, -0.1) is 0 Å². The normalized spacial score (nSPS) is 18.3. The third-order valence-electron chi connectivity index (χ3n) is 4.92. The van der Waals surface area contributed by atoms with Crippen molar-refractivity contribution in [1.82, 2.24) is 0 Å². The van der Waals surface area contributed by atoms with Crippen LogP contribution in [0, 0.1) is 17.2 Å². The number of carbonyl (C=O) groups is 1. The van der Waals surface area contributed by atoms with Crippen LogP contribution in [0.1, 0.15) is 22.0 Å². The minimum absolute atomic E-state index is 0.0108. The van der Waals surface area contributed by atoms with Crippen LogP contribution in [-0.2, 0) is 4.74 Å². The largest absolute Gasteiger partial charge is 0.497 e. The summed E-state index contributed by atoms with van der Waals surface area (Å²) in [5.74, 6) is -1.02. The fourth-order valence-corrected chi connectivity index (χ4v) is 3.43. The molecular weight excluding hydrogens is 372 g/mol. The molecule has 0 radical (unpaired) electrons. The third-order valence-corrected chi connectivity index (χ3v) is 4.92. The van der Waals surface area contributed by atoms with E-state index in [9.17, 15) is 14.9 Å². The van der Waals surface area contributed by atoms with Crippen LogP contribution in [-0.4, -0.2) is 12.9 Å². The molecule has 0 saturated carbocycles. The maximum atomic E-state index is 13.2. The molecule has 0 saturated heterocycles. The summed E-state index contributed by atoms with van der Waals surface area (Å²) < 4.78 is 16.3. The first kappa shape index (κ1) is 18.3. The number of carbonyl (C=O) groups excluding carboxylic acids is 1. The number of rotatable bonds is 4. The van der Waals surface area contributed by atoms with E-state index in [1.807, 2.05) is 6.07 Å². The molecule has 1 aliphatic rings. The van der Waals surface area contributed by atoms with Crippen molar-refractivity contribution >= 4 is 16.8 Å². The number of methoxy groups -OCH3 is 1. The molecule has 7 heteroatoms. The number of fused-ring (bicyclic) bond motifs is 1. The molecule has 2 aromatic carbocycles. The van der Waals surface area contributed by atoms with E-state index in [0.29, 0.717) is 22.3 Å². The molecule has 4 rings (SSSR count). The van der Waals surface area contributed by atoms with Crippen molar-refractivity contribution in [2.45, 2.75) is 6.10 Å². The van der Waals surface area contributed by atoms with Crippen LogP contribution in [0.2, 0.25) is 0 Å². The van der Waals surface area contributed by atoms with Crippen LogP contribution < -0.4 is 15.9 Å². The number of nitrogens with two attached hydrogens (primary N) is 1. The lowest BCUT2D eigenvalue weighted by molar-refractivity contribution is 0.0742. The Morgan fingerprint density at radius 2 is 1.90 bits per heavy atom. The van der Waals surface area contributed by atoms with Gasteiger partial charge < -0.3 is 19.6 Å². The molecule has 3 aromatic rings. The summed E-state index contributed by atoms with van der Waals surface area (Å²) >= 11 is 0. The number of nitrogens with zero attached hydrogens (tertiary/aromatic N) is 1. The molecule has 0 amide bonds. The highest BCUT2D eigenvalue weighted by atomic mass is 16.5. The predicted octanol–water partition coefficient (Wildman–Crippen LogP) is 3.07. The molecular formula is C22H16N2O5. The van der Waals surface area contributed by atoms with Gasteiger partial charge in [0.25, 0.3) is 0 Å². The van der Waals surface area contributed by atoms with Gasteiger partial charge in [-0.3, -0.25) is 9.59 Å². The second kappa shape index (κ2) is 7.17. The maximum absolute atomic E-state index is 13.2. The maximum Gasteiger partial charge on any atom is 0.199 e. The number of nitriles is 1. The van der Waals surface area contributed by atoms with Crippen molar-refractivity contribution in [3.63, 3.8) is 0 Å². The van der Waals surface area contributed by atoms with Gasteiger partial charge in [0, 0.05) is 5.56 Å². The Hall–Kier alpha value is -4.05. The van der Waals surface area contributed by atoms with Crippen molar-refractivity contribution in [3.8, 4) is 11.8 Å². The van der Waals surface area contributed by atoms with Gasteiger partial charge in [0.2, 0.25) is 0 Å². The molecule has 2 heterocycles. The summed E-state index contributed by atoms with van der Waals surface area (Å²) in [5.41, 5.74) is 6.40. The summed E-state index contributed by atoms with van der Waals surface area (Å²) in [6.07, 6.45) is 0.206. The topological polar surface area (TPSA) is 116 Å². The fraction of sp³-hybridized carbons (Fsp3) is 0.136. The van der Waals surface area contributed by atoms with Gasteiger partial charge in [-0.25, -0.2) is 0 Å². The number of hydrogen-bond donors (Lipinski definition) is 1. The highest BCUT2D eigenvalue weighted by molar-refractivity contribution is 6.01. The summed E-state index contributed by atoms with van der Waals surface area (Å²) in [7, 11) is 1.52. The summed E-state index contributed by atoms with van der Waals surface area (Å²) in [4.78, 5) is 26.2. The Morgan fingerprint density at radius 1 is 1.17 bits per heavy atom. The van der Waals surface area contributed by atoms with E-state index < -0.39 is 12.0 Å². The summed E-state index contributed by atoms with van der Waals surface area (Å²) in [6.45, 7) is 0. The molecule has 1 aromatic heterocycles. The molecule has 29 heavy (non-hydrogen) atoms. The zero-order valence-corrected chi connectivity index (χ0v) is 15.4. The summed E-state index contributed by atoms with van der Waals surface area (Å²) in [5, 5.41) is 9.90. The monoisotopic (exact) mass is 388 g/mol. The Bertz CT molecular complexity index is 1230. The van der Waals surface area contributed by atoms with Gasteiger partial charge in [-0.2, -0.15) is 5.26 Å². The van der Waals surface area contributed by atoms with E-state index in [2.05, 4.69) is 0 Å². The average Bonchev–Trinajstić information content (AvgIpc) is 3.09. The van der Waals surface area contributed by atoms with E-state index >= 15 is 0 Å². The van der Waals surface area contributed by atoms with Gasteiger partial charge in [0.15, 0.2) is 17.1 Å². The van der Waals surface area contributed by atoms with Crippen molar-refractivity contribution < 1.29 is 18.7 Å². The third kappa shape index (κ3) is 3.01. The van der Waals surface area contributed by atoms with E-state index in [1.165, 1.54) is 13.4 Å². The van der Waals surface area contributed by atoms with Gasteiger partial charge in [0.05, 0.1) is 18.1 Å². The highest BCUT2D eigenvalue weighted by Crippen LogP contribution is 2.40. The van der Waals surface area contributed by atoms with E-state index in [4.69, 9.17) is 19.6 Å². The second-order valence-corrected chi connectivity index (χ2v) is 6.51. The molecule has 0 fully saturated rings. The lowest BCUT2D eigenvalue weighted by atomic mass is 9.85. The number of Topliss-reactive ketones (excluding diaryl/α,β-unsaturated/α-hetero) is 1. The predicted molar refractivity (Wildman–Crippen MR) is 104 cm³/mol. The standard InChI is InChI=1S/C22H16N2O5/c1-27-13-8-6-12(7-9-13)19(25)18-15(10-23)22(24)29-21(18)16-11-28-17-5-3-2-4-14(17)20(16)26/h2-9,11,18,21H,24H2,1H3/t18-,21+/m0/s1. The van der Waals surface area contributed by atoms with Crippen LogP contribution in [0.3, 0.4) is 0 Å². The van der Waals surface area contributed by atoms with Crippen LogP contribution >= 0.6 is 0 Å². The Labute approximate surface area is 165 Å². The molecule has 0 bridgehead atoms. The molecule has 0 unspecified atom stereocenters. The first-order chi connectivity index (χ1) is 14.0. The molecule has 2 N–H and O–H groups in total. The smallest absolute Gasteiger partial charge is 0.199 e. The molecule has 2 atom stereocenters. The second-order valence-electron chi connectivity index (χ2n) is 6.51. The van der Waals surface area contributed by atoms with Crippen LogP contribution in [0.15, 0.2) is 75.5 Å². The van der Waals surface area contributed by atoms with Gasteiger partial charge in [-0.05, 0) is 36.4 Å². The quantitative estimate of drug-likeness (QED) is 0.683. The van der Waals surface area contributed by atoms with Crippen LogP contribution in [0.4, 0.5) is 0 Å². The number of ether oxygens (including phenoxy) is 2. The van der Waals surface area contributed by atoms with Crippen LogP contribution in [0.5, 0.6) is 5.75 Å². The fourth-order valence-electron chi connectivity index (χ4n) is 3.43. The van der Waals surface area contributed by atoms with Crippen molar-refractivity contribution in [2.24, 2.45) is 11.7 Å². The molecule has 144 valence electrons. The number of benzene rings is 2. The van der Waals surface area contributed by atoms with Crippen molar-refractivity contribution in [3.05, 3.63) is 87.6 Å². The zero-order chi connectivity index (χ0) is 20.5. The van der Waals surface area contributed by atoms with Gasteiger partial charge in [0.1, 0.15) is 41.3 Å².